The molecule has 9 nitrogen and oxygen atoms in total. The highest BCUT2D eigenvalue weighted by atomic mass is 16.5. The smallest absolute Gasteiger partial charge is 0.345 e. The molecule has 0 radical (unpaired) electrons. The SMILES string of the molecule is COCCc1noc([C@@H](C)NC(=O)c2cc(CC(C)C)[nH]c(=O)n2)n1. The number of hydrogen-bond donors (Lipinski definition) is 2. The van der Waals surface area contributed by atoms with Crippen LogP contribution in [0.2, 0.25) is 0 Å². The minimum Gasteiger partial charge on any atom is -0.384 e. The highest BCUT2D eigenvalue weighted by Gasteiger charge is 2.19. The summed E-state index contributed by atoms with van der Waals surface area (Å²) in [7, 11) is 1.59. The molecule has 2 rings (SSSR count). The third-order valence-electron chi connectivity index (χ3n) is 3.39. The molecule has 2 N–H and O–H groups in total. The van der Waals surface area contributed by atoms with Crippen molar-refractivity contribution >= 4 is 5.91 Å². The highest BCUT2D eigenvalue weighted by molar-refractivity contribution is 5.92. The summed E-state index contributed by atoms with van der Waals surface area (Å²) in [5.41, 5.74) is 0.188. The summed E-state index contributed by atoms with van der Waals surface area (Å²) in [5, 5.41) is 6.54. The number of nitrogens with one attached hydrogen (secondary N) is 2. The Morgan fingerprint density at radius 2 is 2.12 bits per heavy atom. The molecule has 2 aromatic rings. The molecule has 0 fully saturated rings. The van der Waals surface area contributed by atoms with Gasteiger partial charge in [-0.2, -0.15) is 9.97 Å². The van der Waals surface area contributed by atoms with Gasteiger partial charge in [-0.05, 0) is 25.3 Å². The van der Waals surface area contributed by atoms with Crippen molar-refractivity contribution in [2.24, 2.45) is 5.92 Å². The normalized spacial score (nSPS) is 12.4. The lowest BCUT2D eigenvalue weighted by atomic mass is 10.1. The number of rotatable bonds is 8. The van der Waals surface area contributed by atoms with E-state index in [1.807, 2.05) is 13.8 Å². The van der Waals surface area contributed by atoms with Crippen LogP contribution in [0.4, 0.5) is 0 Å². The molecule has 0 aliphatic heterocycles. The topological polar surface area (TPSA) is 123 Å². The molecule has 1 amide bonds. The van der Waals surface area contributed by atoms with Gasteiger partial charge in [0.2, 0.25) is 5.89 Å². The zero-order valence-electron chi connectivity index (χ0n) is 14.8. The van der Waals surface area contributed by atoms with E-state index in [1.54, 1.807) is 20.1 Å². The van der Waals surface area contributed by atoms with Crippen LogP contribution in [0.3, 0.4) is 0 Å². The van der Waals surface area contributed by atoms with Crippen molar-refractivity contribution in [3.63, 3.8) is 0 Å². The maximum atomic E-state index is 12.4. The van der Waals surface area contributed by atoms with E-state index in [1.165, 1.54) is 0 Å². The number of ether oxygens (including phenoxy) is 1. The van der Waals surface area contributed by atoms with Crippen molar-refractivity contribution in [3.8, 4) is 0 Å². The molecule has 2 aromatic heterocycles. The van der Waals surface area contributed by atoms with Gasteiger partial charge in [-0.15, -0.1) is 0 Å². The van der Waals surface area contributed by atoms with E-state index in [9.17, 15) is 9.59 Å². The Balaban J connectivity index is 2.07. The van der Waals surface area contributed by atoms with Crippen molar-refractivity contribution in [2.45, 2.75) is 39.7 Å². The highest BCUT2D eigenvalue weighted by Crippen LogP contribution is 2.11. The van der Waals surface area contributed by atoms with Crippen LogP contribution >= 0.6 is 0 Å². The van der Waals surface area contributed by atoms with Gasteiger partial charge < -0.3 is 19.6 Å². The van der Waals surface area contributed by atoms with E-state index in [0.29, 0.717) is 36.9 Å². The summed E-state index contributed by atoms with van der Waals surface area (Å²) < 4.78 is 10.1. The lowest BCUT2D eigenvalue weighted by molar-refractivity contribution is 0.0926. The van der Waals surface area contributed by atoms with Gasteiger partial charge in [0.15, 0.2) is 5.82 Å². The fourth-order valence-corrected chi connectivity index (χ4v) is 2.24. The first-order valence-electron chi connectivity index (χ1n) is 8.11. The lowest BCUT2D eigenvalue weighted by Gasteiger charge is -2.10. The van der Waals surface area contributed by atoms with E-state index in [4.69, 9.17) is 9.26 Å². The van der Waals surface area contributed by atoms with Crippen molar-refractivity contribution in [3.05, 3.63) is 39.7 Å². The molecule has 0 spiro atoms. The Hall–Kier alpha value is -2.55. The fourth-order valence-electron chi connectivity index (χ4n) is 2.24. The average Bonchev–Trinajstić information content (AvgIpc) is 3.00. The molecular weight excluding hydrogens is 326 g/mol. The summed E-state index contributed by atoms with van der Waals surface area (Å²) in [6, 6.07) is 1.08. The van der Waals surface area contributed by atoms with Gasteiger partial charge in [0.05, 0.1) is 6.61 Å². The van der Waals surface area contributed by atoms with Crippen molar-refractivity contribution in [1.29, 1.82) is 0 Å². The maximum Gasteiger partial charge on any atom is 0.345 e. The Labute approximate surface area is 145 Å². The van der Waals surface area contributed by atoms with Gasteiger partial charge in [-0.1, -0.05) is 19.0 Å². The second-order valence-corrected chi connectivity index (χ2v) is 6.18. The van der Waals surface area contributed by atoms with E-state index in [-0.39, 0.29) is 11.6 Å². The van der Waals surface area contributed by atoms with Gasteiger partial charge in [0.1, 0.15) is 11.7 Å². The quantitative estimate of drug-likeness (QED) is 0.729. The molecule has 136 valence electrons. The molecule has 0 bridgehead atoms. The molecular formula is C16H23N5O4. The van der Waals surface area contributed by atoms with Crippen LogP contribution in [-0.4, -0.2) is 39.7 Å². The molecule has 1 atom stereocenters. The van der Waals surface area contributed by atoms with Gasteiger partial charge in [-0.25, -0.2) is 4.79 Å². The van der Waals surface area contributed by atoms with Crippen molar-refractivity contribution in [1.82, 2.24) is 25.4 Å². The molecule has 0 aliphatic rings. The number of methoxy groups -OCH3 is 1. The largest absolute Gasteiger partial charge is 0.384 e. The van der Waals surface area contributed by atoms with Crippen LogP contribution in [-0.2, 0) is 17.6 Å². The van der Waals surface area contributed by atoms with Crippen LogP contribution in [0, 0.1) is 5.92 Å². The molecule has 9 heteroatoms. The van der Waals surface area contributed by atoms with Gasteiger partial charge in [-0.3, -0.25) is 4.79 Å². The Kier molecular flexibility index (Phi) is 6.40. The number of aromatic amines is 1. The summed E-state index contributed by atoms with van der Waals surface area (Å²) >= 11 is 0. The lowest BCUT2D eigenvalue weighted by Crippen LogP contribution is -2.30. The number of carbonyl (C=O) groups excluding carboxylic acids is 1. The van der Waals surface area contributed by atoms with Crippen LogP contribution in [0.1, 0.15) is 54.7 Å². The van der Waals surface area contributed by atoms with Crippen LogP contribution in [0.15, 0.2) is 15.4 Å². The summed E-state index contributed by atoms with van der Waals surface area (Å²) in [6.45, 7) is 6.25. The second-order valence-electron chi connectivity index (χ2n) is 6.18. The van der Waals surface area contributed by atoms with E-state index < -0.39 is 17.6 Å². The monoisotopic (exact) mass is 349 g/mol. The van der Waals surface area contributed by atoms with Gasteiger partial charge in [0, 0.05) is 19.2 Å². The molecule has 25 heavy (non-hydrogen) atoms. The molecule has 0 unspecified atom stereocenters. The predicted octanol–water partition coefficient (Wildman–Crippen LogP) is 1.03. The fraction of sp³-hybridized carbons (Fsp3) is 0.562. The Morgan fingerprint density at radius 1 is 1.36 bits per heavy atom. The molecule has 0 saturated heterocycles. The zero-order chi connectivity index (χ0) is 18.4. The van der Waals surface area contributed by atoms with Gasteiger partial charge in [0.25, 0.3) is 5.91 Å². The minimum atomic E-state index is -0.546. The van der Waals surface area contributed by atoms with E-state index >= 15 is 0 Å². The predicted molar refractivity (Wildman–Crippen MR) is 89.2 cm³/mol. The summed E-state index contributed by atoms with van der Waals surface area (Å²) in [6.07, 6.45) is 1.18. The third-order valence-corrected chi connectivity index (χ3v) is 3.39. The Morgan fingerprint density at radius 3 is 2.80 bits per heavy atom. The number of aromatic nitrogens is 4. The third kappa shape index (κ3) is 5.49. The minimum absolute atomic E-state index is 0.0605. The molecule has 2 heterocycles. The number of carbonyl (C=O) groups is 1. The summed E-state index contributed by atoms with van der Waals surface area (Å²) in [4.78, 5) is 34.6. The zero-order valence-corrected chi connectivity index (χ0v) is 14.8. The van der Waals surface area contributed by atoms with Crippen molar-refractivity contribution < 1.29 is 14.1 Å². The van der Waals surface area contributed by atoms with Crippen LogP contribution in [0.25, 0.3) is 0 Å². The first-order valence-corrected chi connectivity index (χ1v) is 8.11. The molecule has 0 aliphatic carbocycles. The van der Waals surface area contributed by atoms with Crippen LogP contribution in [0.5, 0.6) is 0 Å². The Bertz CT molecular complexity index is 768. The first-order chi connectivity index (χ1) is 11.9. The first kappa shape index (κ1) is 18.8. The maximum absolute atomic E-state index is 12.4. The van der Waals surface area contributed by atoms with E-state index in [2.05, 4.69) is 25.4 Å². The van der Waals surface area contributed by atoms with Gasteiger partial charge >= 0.3 is 5.69 Å². The number of H-pyrrole nitrogens is 1. The second kappa shape index (κ2) is 8.52. The summed E-state index contributed by atoms with van der Waals surface area (Å²) in [5.74, 6) is 0.662. The van der Waals surface area contributed by atoms with Crippen LogP contribution < -0.4 is 11.0 Å². The number of nitrogens with zero attached hydrogens (tertiary/aromatic N) is 3. The standard InChI is InChI=1S/C16H23N5O4/c1-9(2)7-11-8-12(19-16(23)18-11)14(22)17-10(3)15-20-13(21-25-15)5-6-24-4/h8-10H,5-7H2,1-4H3,(H,17,22)(H,18,19,23)/t10-/m1/s1. The van der Waals surface area contributed by atoms with Crippen molar-refractivity contribution in [2.75, 3.05) is 13.7 Å². The number of amides is 1. The molecule has 0 aromatic carbocycles. The average molecular weight is 349 g/mol. The van der Waals surface area contributed by atoms with E-state index in [0.717, 1.165) is 0 Å². The molecule has 0 saturated carbocycles. The number of hydrogen-bond acceptors (Lipinski definition) is 7.